The Morgan fingerprint density at radius 3 is 2.70 bits per heavy atom. The molecule has 0 atom stereocenters. The molecule has 2 rings (SSSR count). The van der Waals surface area contributed by atoms with Gasteiger partial charge in [0.25, 0.3) is 0 Å². The molecule has 0 aliphatic carbocycles. The summed E-state index contributed by atoms with van der Waals surface area (Å²) in [4.78, 5) is 14.9. The van der Waals surface area contributed by atoms with Crippen molar-refractivity contribution in [2.24, 2.45) is 0 Å². The molecular weight excluding hydrogens is 334 g/mol. The quantitative estimate of drug-likeness (QED) is 0.744. The van der Waals surface area contributed by atoms with Gasteiger partial charge in [-0.1, -0.05) is 24.3 Å². The fourth-order valence-corrected chi connectivity index (χ4v) is 3.15. The third-order valence-electron chi connectivity index (χ3n) is 3.03. The van der Waals surface area contributed by atoms with Crippen molar-refractivity contribution in [1.29, 1.82) is 0 Å². The largest absolute Gasteiger partial charge is 0.338 e. The molecule has 1 aromatic heterocycles. The molecule has 4 heteroatoms. The number of hydrogen-bond donors (Lipinski definition) is 0. The first-order valence-corrected chi connectivity index (χ1v) is 7.90. The van der Waals surface area contributed by atoms with E-state index in [9.17, 15) is 4.79 Å². The molecule has 104 valence electrons. The Labute approximate surface area is 131 Å². The Morgan fingerprint density at radius 1 is 1.30 bits per heavy atom. The molecule has 0 saturated heterocycles. The van der Waals surface area contributed by atoms with Gasteiger partial charge in [0.1, 0.15) is 0 Å². The molecule has 1 amide bonds. The van der Waals surface area contributed by atoms with Gasteiger partial charge in [-0.3, -0.25) is 4.79 Å². The van der Waals surface area contributed by atoms with Crippen molar-refractivity contribution in [3.8, 4) is 0 Å². The third kappa shape index (κ3) is 4.05. The summed E-state index contributed by atoms with van der Waals surface area (Å²) in [6.07, 6.45) is 3.47. The average molecular weight is 350 g/mol. The van der Waals surface area contributed by atoms with E-state index in [2.05, 4.69) is 35.0 Å². The minimum Gasteiger partial charge on any atom is -0.338 e. The molecule has 0 N–H and O–H groups in total. The van der Waals surface area contributed by atoms with Crippen LogP contribution in [0, 0.1) is 6.92 Å². The lowest BCUT2D eigenvalue weighted by Crippen LogP contribution is -2.24. The van der Waals surface area contributed by atoms with E-state index < -0.39 is 0 Å². The van der Waals surface area contributed by atoms with Gasteiger partial charge in [-0.15, -0.1) is 11.3 Å². The first kappa shape index (κ1) is 15.0. The van der Waals surface area contributed by atoms with E-state index in [1.165, 1.54) is 11.1 Å². The van der Waals surface area contributed by atoms with Gasteiger partial charge in [-0.05, 0) is 52.2 Å². The van der Waals surface area contributed by atoms with E-state index in [1.807, 2.05) is 37.4 Å². The standard InChI is InChI=1S/C16H16BrNOS/c1-12-5-3-4-6-13(12)11-18(2)16(19)10-8-14-7-9-15(17)20-14/h3-10H,11H2,1-2H3/b10-8+. The normalized spacial score (nSPS) is 10.9. The predicted molar refractivity (Wildman–Crippen MR) is 88.7 cm³/mol. The highest BCUT2D eigenvalue weighted by atomic mass is 79.9. The van der Waals surface area contributed by atoms with Gasteiger partial charge in [0, 0.05) is 24.5 Å². The number of likely N-dealkylation sites (N-methyl/N-ethyl adjacent to an activating group) is 1. The molecule has 0 aliphatic heterocycles. The zero-order valence-corrected chi connectivity index (χ0v) is 13.9. The SMILES string of the molecule is Cc1ccccc1CN(C)C(=O)/C=C/c1ccc(Br)s1. The molecule has 0 bridgehead atoms. The van der Waals surface area contributed by atoms with E-state index in [4.69, 9.17) is 0 Å². The van der Waals surface area contributed by atoms with E-state index in [-0.39, 0.29) is 5.91 Å². The third-order valence-corrected chi connectivity index (χ3v) is 4.62. The van der Waals surface area contributed by atoms with Crippen LogP contribution in [0.3, 0.4) is 0 Å². The van der Waals surface area contributed by atoms with Crippen LogP contribution in [0.4, 0.5) is 0 Å². The van der Waals surface area contributed by atoms with E-state index in [0.717, 1.165) is 8.66 Å². The maximum Gasteiger partial charge on any atom is 0.246 e. The minimum atomic E-state index is 0.0118. The number of halogens is 1. The Hall–Kier alpha value is -1.39. The monoisotopic (exact) mass is 349 g/mol. The zero-order chi connectivity index (χ0) is 14.5. The van der Waals surface area contributed by atoms with Gasteiger partial charge in [-0.25, -0.2) is 0 Å². The second-order valence-corrected chi connectivity index (χ2v) is 7.09. The number of benzene rings is 1. The lowest BCUT2D eigenvalue weighted by atomic mass is 10.1. The van der Waals surface area contributed by atoms with Crippen LogP contribution in [0.5, 0.6) is 0 Å². The summed E-state index contributed by atoms with van der Waals surface area (Å²) >= 11 is 5.02. The highest BCUT2D eigenvalue weighted by molar-refractivity contribution is 9.11. The molecule has 1 aromatic carbocycles. The number of carbonyl (C=O) groups is 1. The van der Waals surface area contributed by atoms with Crippen LogP contribution in [0.25, 0.3) is 6.08 Å². The molecule has 0 spiro atoms. The van der Waals surface area contributed by atoms with Crippen molar-refractivity contribution >= 4 is 39.2 Å². The highest BCUT2D eigenvalue weighted by Crippen LogP contribution is 2.23. The van der Waals surface area contributed by atoms with Crippen molar-refractivity contribution in [2.75, 3.05) is 7.05 Å². The number of thiophene rings is 1. The summed E-state index contributed by atoms with van der Waals surface area (Å²) < 4.78 is 1.07. The van der Waals surface area contributed by atoms with Gasteiger partial charge < -0.3 is 4.90 Å². The van der Waals surface area contributed by atoms with Crippen LogP contribution in [0.1, 0.15) is 16.0 Å². The van der Waals surface area contributed by atoms with Crippen molar-refractivity contribution < 1.29 is 4.79 Å². The molecule has 0 radical (unpaired) electrons. The van der Waals surface area contributed by atoms with Gasteiger partial charge in [0.15, 0.2) is 0 Å². The van der Waals surface area contributed by atoms with E-state index in [1.54, 1.807) is 22.3 Å². The number of hydrogen-bond acceptors (Lipinski definition) is 2. The molecule has 0 fully saturated rings. The van der Waals surface area contributed by atoms with Crippen LogP contribution in [-0.4, -0.2) is 17.9 Å². The number of carbonyl (C=O) groups excluding carboxylic acids is 1. The highest BCUT2D eigenvalue weighted by Gasteiger charge is 2.07. The molecule has 0 aliphatic rings. The lowest BCUT2D eigenvalue weighted by Gasteiger charge is -2.16. The van der Waals surface area contributed by atoms with Crippen molar-refractivity contribution in [2.45, 2.75) is 13.5 Å². The number of aryl methyl sites for hydroxylation is 1. The lowest BCUT2D eigenvalue weighted by molar-refractivity contribution is -0.125. The van der Waals surface area contributed by atoms with Gasteiger partial charge in [0.2, 0.25) is 5.91 Å². The molecule has 2 nitrogen and oxygen atoms in total. The summed E-state index contributed by atoms with van der Waals surface area (Å²) in [6, 6.07) is 12.1. The molecule has 0 saturated carbocycles. The molecule has 20 heavy (non-hydrogen) atoms. The Balaban J connectivity index is 1.99. The van der Waals surface area contributed by atoms with Gasteiger partial charge >= 0.3 is 0 Å². The number of nitrogens with zero attached hydrogens (tertiary/aromatic N) is 1. The van der Waals surface area contributed by atoms with E-state index >= 15 is 0 Å². The average Bonchev–Trinajstić information content (AvgIpc) is 2.84. The fraction of sp³-hybridized carbons (Fsp3) is 0.188. The second kappa shape index (κ2) is 6.86. The fourth-order valence-electron chi connectivity index (χ4n) is 1.82. The van der Waals surface area contributed by atoms with Crippen LogP contribution >= 0.6 is 27.3 Å². The predicted octanol–water partition coefficient (Wildman–Crippen LogP) is 4.49. The summed E-state index contributed by atoms with van der Waals surface area (Å²) in [6.45, 7) is 2.69. The Bertz CT molecular complexity index is 633. The van der Waals surface area contributed by atoms with Crippen LogP contribution in [-0.2, 0) is 11.3 Å². The molecular formula is C16H16BrNOS. The van der Waals surface area contributed by atoms with Crippen molar-refractivity contribution in [3.63, 3.8) is 0 Å². The molecule has 0 unspecified atom stereocenters. The second-order valence-electron chi connectivity index (χ2n) is 4.60. The minimum absolute atomic E-state index is 0.0118. The Morgan fingerprint density at radius 2 is 2.05 bits per heavy atom. The van der Waals surface area contributed by atoms with Crippen molar-refractivity contribution in [1.82, 2.24) is 4.90 Å². The summed E-state index contributed by atoms with van der Waals surface area (Å²) in [7, 11) is 1.82. The van der Waals surface area contributed by atoms with Crippen LogP contribution in [0.15, 0.2) is 46.3 Å². The number of rotatable bonds is 4. The van der Waals surface area contributed by atoms with Crippen LogP contribution in [0.2, 0.25) is 0 Å². The van der Waals surface area contributed by atoms with Gasteiger partial charge in [0.05, 0.1) is 3.79 Å². The number of amides is 1. The first-order valence-electron chi connectivity index (χ1n) is 6.29. The summed E-state index contributed by atoms with van der Waals surface area (Å²) in [5.74, 6) is 0.0118. The van der Waals surface area contributed by atoms with Gasteiger partial charge in [-0.2, -0.15) is 0 Å². The summed E-state index contributed by atoms with van der Waals surface area (Å²) in [5.41, 5.74) is 2.38. The topological polar surface area (TPSA) is 20.3 Å². The molecule has 2 aromatic rings. The maximum atomic E-state index is 12.1. The van der Waals surface area contributed by atoms with Crippen LogP contribution < -0.4 is 0 Å². The smallest absolute Gasteiger partial charge is 0.246 e. The Kier molecular flexibility index (Phi) is 5.15. The molecule has 1 heterocycles. The van der Waals surface area contributed by atoms with E-state index in [0.29, 0.717) is 6.54 Å². The zero-order valence-electron chi connectivity index (χ0n) is 11.5. The van der Waals surface area contributed by atoms with Crippen molar-refractivity contribution in [3.05, 3.63) is 62.3 Å². The first-order chi connectivity index (χ1) is 9.56. The maximum absolute atomic E-state index is 12.1. The summed E-state index contributed by atoms with van der Waals surface area (Å²) in [5, 5.41) is 0.